The van der Waals surface area contributed by atoms with Crippen molar-refractivity contribution in [2.75, 3.05) is 14.1 Å². The van der Waals surface area contributed by atoms with Crippen molar-refractivity contribution in [2.45, 2.75) is 11.3 Å². The second kappa shape index (κ2) is 6.75. The van der Waals surface area contributed by atoms with Crippen LogP contribution in [0, 0.1) is 6.92 Å². The topological polar surface area (TPSA) is 49.7 Å². The zero-order chi connectivity index (χ0) is 16.2. The van der Waals surface area contributed by atoms with Crippen molar-refractivity contribution in [1.82, 2.24) is 4.90 Å². The lowest BCUT2D eigenvalue weighted by Gasteiger charge is -2.06. The predicted octanol–water partition coefficient (Wildman–Crippen LogP) is 2.74. The minimum atomic E-state index is -3.66. The Labute approximate surface area is 132 Å². The van der Waals surface area contributed by atoms with Gasteiger partial charge in [-0.2, -0.15) is 8.42 Å². The van der Waals surface area contributed by atoms with Crippen molar-refractivity contribution < 1.29 is 8.42 Å². The molecule has 2 aromatic carbocycles. The smallest absolute Gasteiger partial charge is 0.283 e. The van der Waals surface area contributed by atoms with Crippen molar-refractivity contribution in [3.63, 3.8) is 0 Å². The average molecular weight is 315 g/mol. The highest BCUT2D eigenvalue weighted by atomic mass is 32.2. The molecular weight excluding hydrogens is 296 g/mol. The molecule has 0 N–H and O–H groups in total. The van der Waals surface area contributed by atoms with E-state index < -0.39 is 10.0 Å². The molecule has 115 valence electrons. The van der Waals surface area contributed by atoms with Crippen molar-refractivity contribution in [3.05, 3.63) is 72.1 Å². The third kappa shape index (κ3) is 4.43. The van der Waals surface area contributed by atoms with Crippen molar-refractivity contribution in [2.24, 2.45) is 4.40 Å². The third-order valence-corrected chi connectivity index (χ3v) is 4.23. The SMILES string of the molecule is [CH2]c1cccc(Cc2cccc(S(=O)(=O)N=CN(C)C)c2)c1. The van der Waals surface area contributed by atoms with Crippen molar-refractivity contribution in [3.8, 4) is 0 Å². The van der Waals surface area contributed by atoms with Crippen LogP contribution in [0.4, 0.5) is 0 Å². The average Bonchev–Trinajstić information content (AvgIpc) is 2.46. The fourth-order valence-corrected chi connectivity index (χ4v) is 2.99. The molecule has 1 radical (unpaired) electrons. The second-order valence-corrected chi connectivity index (χ2v) is 6.94. The van der Waals surface area contributed by atoms with Gasteiger partial charge in [-0.3, -0.25) is 0 Å². The molecule has 2 aromatic rings. The summed E-state index contributed by atoms with van der Waals surface area (Å²) in [6.07, 6.45) is 1.94. The summed E-state index contributed by atoms with van der Waals surface area (Å²) in [6, 6.07) is 14.7. The maximum absolute atomic E-state index is 12.2. The molecule has 0 saturated heterocycles. The first-order valence-corrected chi connectivity index (χ1v) is 8.27. The first-order chi connectivity index (χ1) is 10.4. The van der Waals surface area contributed by atoms with Crippen LogP contribution in [0.3, 0.4) is 0 Å². The third-order valence-electron chi connectivity index (χ3n) is 3.01. The molecule has 2 rings (SSSR count). The molecule has 0 bridgehead atoms. The van der Waals surface area contributed by atoms with E-state index in [2.05, 4.69) is 11.3 Å². The molecule has 0 heterocycles. The van der Waals surface area contributed by atoms with E-state index in [0.717, 1.165) is 16.7 Å². The lowest BCUT2D eigenvalue weighted by atomic mass is 10.0. The molecule has 4 nitrogen and oxygen atoms in total. The van der Waals surface area contributed by atoms with Crippen LogP contribution in [-0.4, -0.2) is 33.8 Å². The lowest BCUT2D eigenvalue weighted by Crippen LogP contribution is -2.10. The van der Waals surface area contributed by atoms with Gasteiger partial charge < -0.3 is 4.90 Å². The molecule has 5 heteroatoms. The molecule has 22 heavy (non-hydrogen) atoms. The number of rotatable bonds is 5. The number of hydrogen-bond acceptors (Lipinski definition) is 2. The van der Waals surface area contributed by atoms with Crippen LogP contribution in [0.15, 0.2) is 57.8 Å². The van der Waals surface area contributed by atoms with Crippen LogP contribution in [0.2, 0.25) is 0 Å². The number of nitrogens with zero attached hydrogens (tertiary/aromatic N) is 2. The van der Waals surface area contributed by atoms with E-state index in [4.69, 9.17) is 0 Å². The summed E-state index contributed by atoms with van der Waals surface area (Å²) in [6.45, 7) is 3.90. The van der Waals surface area contributed by atoms with Gasteiger partial charge in [0, 0.05) is 14.1 Å². The summed E-state index contributed by atoms with van der Waals surface area (Å²) in [5, 5.41) is 0. The quantitative estimate of drug-likeness (QED) is 0.630. The molecule has 0 aliphatic rings. The number of hydrogen-bond donors (Lipinski definition) is 0. The van der Waals surface area contributed by atoms with E-state index in [1.165, 1.54) is 6.34 Å². The predicted molar refractivity (Wildman–Crippen MR) is 89.5 cm³/mol. The normalized spacial score (nSPS) is 11.8. The van der Waals surface area contributed by atoms with Crippen LogP contribution < -0.4 is 0 Å². The van der Waals surface area contributed by atoms with Crippen molar-refractivity contribution in [1.29, 1.82) is 0 Å². The van der Waals surface area contributed by atoms with E-state index in [9.17, 15) is 8.42 Å². The van der Waals surface area contributed by atoms with Crippen LogP contribution >= 0.6 is 0 Å². The highest BCUT2D eigenvalue weighted by Gasteiger charge is 2.12. The van der Waals surface area contributed by atoms with E-state index in [1.54, 1.807) is 37.2 Å². The Morgan fingerprint density at radius 1 is 1.09 bits per heavy atom. The molecule has 0 unspecified atom stereocenters. The summed E-state index contributed by atoms with van der Waals surface area (Å²) < 4.78 is 28.0. The van der Waals surface area contributed by atoms with Gasteiger partial charge in [0.1, 0.15) is 6.34 Å². The summed E-state index contributed by atoms with van der Waals surface area (Å²) in [5.74, 6) is 0. The Morgan fingerprint density at radius 3 is 2.36 bits per heavy atom. The van der Waals surface area contributed by atoms with Crippen LogP contribution in [0.5, 0.6) is 0 Å². The Bertz CT molecular complexity index is 781. The van der Waals surface area contributed by atoms with Crippen LogP contribution in [-0.2, 0) is 16.4 Å². The van der Waals surface area contributed by atoms with Gasteiger partial charge in [-0.05, 0) is 42.2 Å². The van der Waals surface area contributed by atoms with E-state index in [-0.39, 0.29) is 4.90 Å². The molecule has 0 aromatic heterocycles. The summed E-state index contributed by atoms with van der Waals surface area (Å²) in [5.41, 5.74) is 2.96. The first kappa shape index (κ1) is 16.2. The van der Waals surface area contributed by atoms with E-state index in [1.807, 2.05) is 30.3 Å². The Kier molecular flexibility index (Phi) is 4.98. The Morgan fingerprint density at radius 2 is 1.73 bits per heavy atom. The minimum Gasteiger partial charge on any atom is -0.368 e. The molecule has 0 fully saturated rings. The molecular formula is C17H19N2O2S. The maximum atomic E-state index is 12.2. The zero-order valence-electron chi connectivity index (χ0n) is 12.7. The Hall–Kier alpha value is -2.14. The highest BCUT2D eigenvalue weighted by Crippen LogP contribution is 2.17. The minimum absolute atomic E-state index is 0.203. The summed E-state index contributed by atoms with van der Waals surface area (Å²) in [7, 11) is -0.216. The standard InChI is InChI=1S/C17H19N2O2S/c1-14-6-4-7-15(10-14)11-16-8-5-9-17(12-16)22(20,21)18-13-19(2)3/h4-10,12-13H,1,11H2,2-3H3. The second-order valence-electron chi connectivity index (χ2n) is 5.30. The largest absolute Gasteiger partial charge is 0.368 e. The van der Waals surface area contributed by atoms with Gasteiger partial charge >= 0.3 is 0 Å². The number of benzene rings is 2. The van der Waals surface area contributed by atoms with E-state index >= 15 is 0 Å². The van der Waals surface area contributed by atoms with Gasteiger partial charge in [0.25, 0.3) is 10.0 Å². The molecule has 0 aliphatic carbocycles. The fraction of sp³-hybridized carbons (Fsp3) is 0.176. The van der Waals surface area contributed by atoms with Gasteiger partial charge in [-0.1, -0.05) is 36.4 Å². The highest BCUT2D eigenvalue weighted by molar-refractivity contribution is 7.90. The van der Waals surface area contributed by atoms with Gasteiger partial charge in [0.15, 0.2) is 0 Å². The molecule has 0 atom stereocenters. The molecule has 0 amide bonds. The lowest BCUT2D eigenvalue weighted by molar-refractivity contribution is 0.594. The fourth-order valence-electron chi connectivity index (χ4n) is 2.01. The maximum Gasteiger partial charge on any atom is 0.283 e. The van der Waals surface area contributed by atoms with Gasteiger partial charge in [-0.15, -0.1) is 4.40 Å². The molecule has 0 saturated carbocycles. The summed E-state index contributed by atoms with van der Waals surface area (Å²) >= 11 is 0. The Balaban J connectivity index is 2.27. The van der Waals surface area contributed by atoms with Crippen LogP contribution in [0.25, 0.3) is 0 Å². The summed E-state index contributed by atoms with van der Waals surface area (Å²) in [4.78, 5) is 1.79. The van der Waals surface area contributed by atoms with Gasteiger partial charge in [-0.25, -0.2) is 0 Å². The molecule has 0 spiro atoms. The monoisotopic (exact) mass is 315 g/mol. The number of sulfonamides is 1. The van der Waals surface area contributed by atoms with Gasteiger partial charge in [0.05, 0.1) is 4.90 Å². The van der Waals surface area contributed by atoms with Crippen LogP contribution in [0.1, 0.15) is 16.7 Å². The molecule has 0 aliphatic heterocycles. The van der Waals surface area contributed by atoms with Gasteiger partial charge in [0.2, 0.25) is 0 Å². The van der Waals surface area contributed by atoms with E-state index in [0.29, 0.717) is 6.42 Å². The van der Waals surface area contributed by atoms with Crippen molar-refractivity contribution >= 4 is 16.4 Å². The first-order valence-electron chi connectivity index (χ1n) is 6.83. The zero-order valence-corrected chi connectivity index (χ0v) is 13.5.